The van der Waals surface area contributed by atoms with E-state index in [1.807, 2.05) is 13.8 Å². The molecular formula is C23H29N5O7S. The number of carbonyl (C=O) groups excluding carboxylic acids is 2. The average molecular weight is 520 g/mol. The van der Waals surface area contributed by atoms with Crippen LogP contribution in [0, 0.1) is 10.1 Å². The van der Waals surface area contributed by atoms with Gasteiger partial charge in [-0.1, -0.05) is 31.9 Å². The van der Waals surface area contributed by atoms with Crippen LogP contribution in [0.4, 0.5) is 5.69 Å². The number of hydrogen-bond acceptors (Lipinski definition) is 9. The van der Waals surface area contributed by atoms with Gasteiger partial charge in [0.05, 0.1) is 29.3 Å². The fourth-order valence-corrected chi connectivity index (χ4v) is 7.30. The van der Waals surface area contributed by atoms with Gasteiger partial charge in [0, 0.05) is 12.1 Å². The third-order valence-corrected chi connectivity index (χ3v) is 9.68. The molecule has 13 heteroatoms. The van der Waals surface area contributed by atoms with Gasteiger partial charge in [-0.05, 0) is 37.5 Å². The van der Waals surface area contributed by atoms with E-state index >= 15 is 0 Å². The van der Waals surface area contributed by atoms with E-state index in [2.05, 4.69) is 10.3 Å². The minimum atomic E-state index is -3.95. The maximum Gasteiger partial charge on any atom is 0.330 e. The number of hydrogen-bond donors (Lipinski definition) is 0. The van der Waals surface area contributed by atoms with E-state index in [9.17, 15) is 28.1 Å². The number of esters is 1. The first-order valence-corrected chi connectivity index (χ1v) is 13.5. The molecule has 3 heterocycles. The molecule has 0 aliphatic carbocycles. The highest BCUT2D eigenvalue weighted by Gasteiger charge is 2.70. The van der Waals surface area contributed by atoms with E-state index in [0.717, 1.165) is 29.1 Å². The smallest absolute Gasteiger partial charge is 0.330 e. The first-order chi connectivity index (χ1) is 17.0. The van der Waals surface area contributed by atoms with Crippen molar-refractivity contribution in [1.29, 1.82) is 0 Å². The Bertz CT molecular complexity index is 1290. The fraction of sp³-hybridized carbons (Fsp3) is 0.565. The highest BCUT2D eigenvalue weighted by molar-refractivity contribution is 7.93. The number of aryl methyl sites for hydroxylation is 1. The van der Waals surface area contributed by atoms with Gasteiger partial charge in [-0.25, -0.2) is 17.9 Å². The molecule has 0 radical (unpaired) electrons. The van der Waals surface area contributed by atoms with Gasteiger partial charge in [-0.3, -0.25) is 14.9 Å². The third-order valence-electron chi connectivity index (χ3n) is 6.92. The SMILES string of the molecule is CCCc1nnn(C[C@@]2(C)[C@H](C(=O)OCc3ccc([N+](=O)[O-])cc3)N3C(=O)C[C@@H]3S2(=O)=O)c1CCC. The number of amides is 1. The van der Waals surface area contributed by atoms with Crippen LogP contribution in [0.15, 0.2) is 24.3 Å². The van der Waals surface area contributed by atoms with Crippen molar-refractivity contribution >= 4 is 27.4 Å². The topological polar surface area (TPSA) is 155 Å². The number of aromatic nitrogens is 3. The maximum atomic E-state index is 13.6. The number of carbonyl (C=O) groups is 2. The number of ether oxygens (including phenoxy) is 1. The van der Waals surface area contributed by atoms with E-state index in [0.29, 0.717) is 18.4 Å². The molecule has 0 spiro atoms. The molecule has 12 nitrogen and oxygen atoms in total. The normalized spacial score (nSPS) is 24.3. The molecule has 4 rings (SSSR count). The molecule has 0 saturated carbocycles. The number of rotatable bonds is 10. The molecule has 0 unspecified atom stereocenters. The lowest BCUT2D eigenvalue weighted by molar-refractivity contribution is -0.384. The van der Waals surface area contributed by atoms with Crippen LogP contribution in [-0.2, 0) is 50.2 Å². The van der Waals surface area contributed by atoms with Crippen molar-refractivity contribution < 1.29 is 27.7 Å². The van der Waals surface area contributed by atoms with Crippen molar-refractivity contribution in [3.05, 3.63) is 51.3 Å². The molecule has 0 N–H and O–H groups in total. The van der Waals surface area contributed by atoms with Crippen molar-refractivity contribution in [3.8, 4) is 0 Å². The monoisotopic (exact) mass is 519 g/mol. The van der Waals surface area contributed by atoms with E-state index < -0.39 is 42.8 Å². The number of sulfone groups is 1. The molecule has 2 aliphatic heterocycles. The van der Waals surface area contributed by atoms with Crippen LogP contribution in [-0.4, -0.2) is 61.3 Å². The zero-order chi connectivity index (χ0) is 26.3. The molecule has 3 atom stereocenters. The molecule has 194 valence electrons. The van der Waals surface area contributed by atoms with Crippen molar-refractivity contribution in [2.75, 3.05) is 0 Å². The van der Waals surface area contributed by atoms with Crippen molar-refractivity contribution in [2.24, 2.45) is 0 Å². The lowest BCUT2D eigenvalue weighted by Gasteiger charge is -2.36. The van der Waals surface area contributed by atoms with Gasteiger partial charge in [-0.15, -0.1) is 5.10 Å². The summed E-state index contributed by atoms with van der Waals surface area (Å²) in [6, 6.07) is 4.14. The second-order valence-corrected chi connectivity index (χ2v) is 12.0. The van der Waals surface area contributed by atoms with Gasteiger partial charge in [0.25, 0.3) is 5.69 Å². The van der Waals surface area contributed by atoms with Crippen LogP contribution in [0.25, 0.3) is 0 Å². The van der Waals surface area contributed by atoms with Gasteiger partial charge in [0.1, 0.15) is 16.7 Å². The number of nitrogens with zero attached hydrogens (tertiary/aromatic N) is 5. The second kappa shape index (κ2) is 9.60. The number of benzene rings is 1. The summed E-state index contributed by atoms with van der Waals surface area (Å²) in [5, 5.41) is 18.2. The summed E-state index contributed by atoms with van der Waals surface area (Å²) in [4.78, 5) is 37.2. The van der Waals surface area contributed by atoms with Crippen LogP contribution in [0.3, 0.4) is 0 Å². The Morgan fingerprint density at radius 1 is 1.22 bits per heavy atom. The highest BCUT2D eigenvalue weighted by atomic mass is 32.2. The molecule has 2 aliphatic rings. The summed E-state index contributed by atoms with van der Waals surface area (Å²) in [5.74, 6) is -1.27. The highest BCUT2D eigenvalue weighted by Crippen LogP contribution is 2.47. The number of fused-ring (bicyclic) bond motifs is 1. The lowest BCUT2D eigenvalue weighted by Crippen LogP contribution is -2.58. The molecule has 0 bridgehead atoms. The van der Waals surface area contributed by atoms with Crippen LogP contribution in [0.5, 0.6) is 0 Å². The molecule has 1 amide bonds. The van der Waals surface area contributed by atoms with Crippen molar-refractivity contribution in [3.63, 3.8) is 0 Å². The van der Waals surface area contributed by atoms with E-state index in [4.69, 9.17) is 4.74 Å². The van der Waals surface area contributed by atoms with Crippen LogP contribution in [0.1, 0.15) is 57.0 Å². The Balaban J connectivity index is 1.63. The predicted molar refractivity (Wildman–Crippen MR) is 127 cm³/mol. The maximum absolute atomic E-state index is 13.6. The average Bonchev–Trinajstić information content (AvgIpc) is 3.25. The van der Waals surface area contributed by atoms with E-state index in [1.165, 1.54) is 31.2 Å². The minimum Gasteiger partial charge on any atom is -0.459 e. The molecular weight excluding hydrogens is 490 g/mol. The second-order valence-electron chi connectivity index (χ2n) is 9.39. The number of non-ortho nitro benzene ring substituents is 1. The lowest BCUT2D eigenvalue weighted by atomic mass is 9.96. The molecule has 1 aromatic heterocycles. The molecule has 36 heavy (non-hydrogen) atoms. The minimum absolute atomic E-state index is 0.105. The standard InChI is InChI=1S/C23H29N5O7S/c1-4-6-17-18(7-5-2)26(25-24-17)14-23(3)21(27-19(29)12-20(27)36(23,33)34)22(30)35-13-15-8-10-16(11-9-15)28(31)32/h8-11,20-21H,4-7,12-14H2,1-3H3/t20-,21-,23-/m0/s1. The fourth-order valence-electron chi connectivity index (χ4n) is 4.95. The molecule has 2 saturated heterocycles. The van der Waals surface area contributed by atoms with Gasteiger partial charge in [-0.2, -0.15) is 0 Å². The van der Waals surface area contributed by atoms with Crippen LogP contribution in [0.2, 0.25) is 0 Å². The molecule has 1 aromatic carbocycles. The summed E-state index contributed by atoms with van der Waals surface area (Å²) in [6.07, 6.45) is 2.84. The first kappa shape index (κ1) is 25.7. The van der Waals surface area contributed by atoms with Gasteiger partial charge >= 0.3 is 5.97 Å². The Labute approximate surface area is 208 Å². The Hall–Kier alpha value is -3.35. The molecule has 2 fully saturated rings. The Morgan fingerprint density at radius 2 is 1.89 bits per heavy atom. The van der Waals surface area contributed by atoms with Gasteiger partial charge < -0.3 is 9.64 Å². The molecule has 2 aromatic rings. The van der Waals surface area contributed by atoms with Crippen molar-refractivity contribution in [1.82, 2.24) is 19.9 Å². The Morgan fingerprint density at radius 3 is 2.47 bits per heavy atom. The quantitative estimate of drug-likeness (QED) is 0.198. The Kier molecular flexibility index (Phi) is 6.86. The first-order valence-electron chi connectivity index (χ1n) is 11.9. The summed E-state index contributed by atoms with van der Waals surface area (Å²) in [6.45, 7) is 5.12. The number of β-lactam (4-membered cyclic amide) rings is 1. The van der Waals surface area contributed by atoms with Gasteiger partial charge in [0.15, 0.2) is 15.9 Å². The van der Waals surface area contributed by atoms with Crippen molar-refractivity contribution in [2.45, 2.75) is 82.2 Å². The predicted octanol–water partition coefficient (Wildman–Crippen LogP) is 1.95. The zero-order valence-corrected chi connectivity index (χ0v) is 21.2. The summed E-state index contributed by atoms with van der Waals surface area (Å²) in [7, 11) is -3.95. The summed E-state index contributed by atoms with van der Waals surface area (Å²) in [5.41, 5.74) is 2.02. The zero-order valence-electron chi connectivity index (χ0n) is 20.4. The van der Waals surface area contributed by atoms with E-state index in [-0.39, 0.29) is 25.3 Å². The van der Waals surface area contributed by atoms with Crippen LogP contribution < -0.4 is 0 Å². The summed E-state index contributed by atoms with van der Waals surface area (Å²) < 4.78 is 32.5. The van der Waals surface area contributed by atoms with Gasteiger partial charge in [0.2, 0.25) is 5.91 Å². The number of nitro benzene ring substituents is 1. The van der Waals surface area contributed by atoms with Crippen LogP contribution >= 0.6 is 0 Å². The summed E-state index contributed by atoms with van der Waals surface area (Å²) >= 11 is 0. The number of nitro groups is 1. The largest absolute Gasteiger partial charge is 0.459 e. The third kappa shape index (κ3) is 4.14. The van der Waals surface area contributed by atoms with E-state index in [1.54, 1.807) is 4.68 Å².